The van der Waals surface area contributed by atoms with Gasteiger partial charge in [-0.1, -0.05) is 48.5 Å². The molecule has 192 valence electrons. The number of aromatic nitrogens is 2. The monoisotopic (exact) mass is 508 g/mol. The number of nitrogens with two attached hydrogens (primary N) is 4. The van der Waals surface area contributed by atoms with Crippen LogP contribution in [0.5, 0.6) is 0 Å². The largest absolute Gasteiger partial charge is 0.416 e. The van der Waals surface area contributed by atoms with Gasteiger partial charge in [0.05, 0.1) is 24.3 Å². The van der Waals surface area contributed by atoms with E-state index >= 15 is 8.78 Å². The van der Waals surface area contributed by atoms with E-state index in [4.69, 9.17) is 23.0 Å². The molecule has 3 aromatic rings. The van der Waals surface area contributed by atoms with Gasteiger partial charge in [-0.05, 0) is 18.1 Å². The van der Waals surface area contributed by atoms with Crippen molar-refractivity contribution in [2.24, 2.45) is 17.3 Å². The standard InChI is InChI=1S/C23H25F5N8/c24-22(25,15-7-2-1-3-8-15)20-33-18(35-11-10-21(30,31)13-35)17(29)19(34-20)36(32)12-14-6-4-5-9-16(14)23(26,27)28/h1-9H,10-13,29-32H2. The molecule has 0 aliphatic carbocycles. The van der Waals surface area contributed by atoms with E-state index in [1.165, 1.54) is 47.4 Å². The normalized spacial score (nSPS) is 15.8. The molecule has 1 aromatic heterocycles. The molecule has 2 heterocycles. The Labute approximate surface area is 203 Å². The topological polar surface area (TPSA) is 136 Å². The van der Waals surface area contributed by atoms with Gasteiger partial charge in [0.2, 0.25) is 5.82 Å². The average molecular weight is 508 g/mol. The van der Waals surface area contributed by atoms with E-state index in [1.54, 1.807) is 6.07 Å². The molecule has 36 heavy (non-hydrogen) atoms. The molecule has 0 radical (unpaired) electrons. The molecular weight excluding hydrogens is 483 g/mol. The highest BCUT2D eigenvalue weighted by Crippen LogP contribution is 2.40. The first-order valence-corrected chi connectivity index (χ1v) is 10.9. The number of hydrogen-bond donors (Lipinski definition) is 4. The summed E-state index contributed by atoms with van der Waals surface area (Å²) in [5, 5.41) is 0.796. The summed E-state index contributed by atoms with van der Waals surface area (Å²) in [5.74, 6) is 1.08. The maximum atomic E-state index is 15.5. The third kappa shape index (κ3) is 5.03. The highest BCUT2D eigenvalue weighted by atomic mass is 19.4. The van der Waals surface area contributed by atoms with Crippen LogP contribution in [0, 0.1) is 0 Å². The zero-order chi connectivity index (χ0) is 26.3. The van der Waals surface area contributed by atoms with Crippen molar-refractivity contribution >= 4 is 17.3 Å². The van der Waals surface area contributed by atoms with Gasteiger partial charge >= 0.3 is 12.1 Å². The lowest BCUT2D eigenvalue weighted by molar-refractivity contribution is -0.138. The van der Waals surface area contributed by atoms with Crippen LogP contribution in [-0.2, 0) is 18.6 Å². The first-order valence-electron chi connectivity index (χ1n) is 10.9. The first-order chi connectivity index (χ1) is 16.8. The number of nitrogens with zero attached hydrogens (tertiary/aromatic N) is 4. The fourth-order valence-electron chi connectivity index (χ4n) is 4.05. The molecule has 2 aromatic carbocycles. The first kappa shape index (κ1) is 25.5. The Morgan fingerprint density at radius 2 is 1.58 bits per heavy atom. The summed E-state index contributed by atoms with van der Waals surface area (Å²) >= 11 is 0. The third-order valence-corrected chi connectivity index (χ3v) is 5.89. The third-order valence-electron chi connectivity index (χ3n) is 5.89. The van der Waals surface area contributed by atoms with Crippen molar-refractivity contribution < 1.29 is 22.0 Å². The molecule has 1 aliphatic rings. The predicted octanol–water partition coefficient (Wildman–Crippen LogP) is 2.92. The molecule has 0 spiro atoms. The van der Waals surface area contributed by atoms with Crippen molar-refractivity contribution in [3.05, 3.63) is 77.1 Å². The zero-order valence-corrected chi connectivity index (χ0v) is 19.0. The Balaban J connectivity index is 1.81. The maximum absolute atomic E-state index is 15.5. The fraction of sp³-hybridized carbons (Fsp3) is 0.304. The Morgan fingerprint density at radius 3 is 2.19 bits per heavy atom. The van der Waals surface area contributed by atoms with Crippen molar-refractivity contribution in [2.75, 3.05) is 28.7 Å². The van der Waals surface area contributed by atoms with Gasteiger partial charge in [0.15, 0.2) is 11.6 Å². The highest BCUT2D eigenvalue weighted by Gasteiger charge is 2.41. The van der Waals surface area contributed by atoms with E-state index in [2.05, 4.69) is 9.97 Å². The Bertz CT molecular complexity index is 1230. The molecule has 8 nitrogen and oxygen atoms in total. The number of nitrogen functional groups attached to an aromatic ring is 1. The minimum absolute atomic E-state index is 0.0610. The SMILES string of the molecule is Nc1c(N(N)Cc2ccccc2C(F)(F)F)nc(C(F)(F)c2ccccc2)nc1N1CCC(N)(N)C1. The van der Waals surface area contributed by atoms with Gasteiger partial charge in [-0.2, -0.15) is 22.0 Å². The lowest BCUT2D eigenvalue weighted by Crippen LogP contribution is -2.51. The van der Waals surface area contributed by atoms with Crippen LogP contribution in [-0.4, -0.2) is 28.7 Å². The van der Waals surface area contributed by atoms with Crippen molar-refractivity contribution in [1.82, 2.24) is 9.97 Å². The average Bonchev–Trinajstić information content (AvgIpc) is 3.18. The summed E-state index contributed by atoms with van der Waals surface area (Å²) in [6, 6.07) is 11.6. The van der Waals surface area contributed by atoms with Crippen LogP contribution < -0.4 is 33.0 Å². The molecule has 0 bridgehead atoms. The summed E-state index contributed by atoms with van der Waals surface area (Å²) in [5.41, 5.74) is 15.4. The van der Waals surface area contributed by atoms with Crippen molar-refractivity contribution in [3.63, 3.8) is 0 Å². The minimum Gasteiger partial charge on any atom is -0.393 e. The van der Waals surface area contributed by atoms with Crippen LogP contribution in [0.2, 0.25) is 0 Å². The molecular formula is C23H25F5N8. The summed E-state index contributed by atoms with van der Waals surface area (Å²) in [4.78, 5) is 9.49. The molecule has 13 heteroatoms. The molecule has 0 saturated carbocycles. The Kier molecular flexibility index (Phi) is 6.49. The van der Waals surface area contributed by atoms with E-state index < -0.39 is 35.7 Å². The van der Waals surface area contributed by atoms with Crippen LogP contribution in [0.3, 0.4) is 0 Å². The molecule has 0 unspecified atom stereocenters. The molecule has 0 amide bonds. The smallest absolute Gasteiger partial charge is 0.393 e. The maximum Gasteiger partial charge on any atom is 0.416 e. The van der Waals surface area contributed by atoms with Crippen LogP contribution in [0.1, 0.15) is 28.9 Å². The van der Waals surface area contributed by atoms with Crippen molar-refractivity contribution in [1.29, 1.82) is 0 Å². The quantitative estimate of drug-likeness (QED) is 0.173. The molecule has 1 saturated heterocycles. The van der Waals surface area contributed by atoms with Gasteiger partial charge in [0, 0.05) is 12.1 Å². The van der Waals surface area contributed by atoms with E-state index in [-0.39, 0.29) is 41.5 Å². The van der Waals surface area contributed by atoms with Crippen LogP contribution in [0.15, 0.2) is 54.6 Å². The summed E-state index contributed by atoms with van der Waals surface area (Å²) in [7, 11) is 0. The second-order valence-electron chi connectivity index (χ2n) is 8.74. The number of rotatable bonds is 6. The van der Waals surface area contributed by atoms with E-state index in [9.17, 15) is 13.2 Å². The Morgan fingerprint density at radius 1 is 0.944 bits per heavy atom. The molecule has 0 atom stereocenters. The predicted molar refractivity (Wildman–Crippen MR) is 126 cm³/mol. The minimum atomic E-state index is -4.65. The van der Waals surface area contributed by atoms with E-state index in [0.717, 1.165) is 11.1 Å². The van der Waals surface area contributed by atoms with Crippen LogP contribution in [0.4, 0.5) is 39.3 Å². The second-order valence-corrected chi connectivity index (χ2v) is 8.74. The van der Waals surface area contributed by atoms with Gasteiger partial charge in [0.1, 0.15) is 5.69 Å². The molecule has 1 aliphatic heterocycles. The van der Waals surface area contributed by atoms with Crippen molar-refractivity contribution in [3.8, 4) is 0 Å². The molecule has 1 fully saturated rings. The number of benzene rings is 2. The molecule has 4 rings (SSSR count). The number of anilines is 3. The number of alkyl halides is 5. The lowest BCUT2D eigenvalue weighted by Gasteiger charge is -2.28. The Hall–Kier alpha value is -3.55. The van der Waals surface area contributed by atoms with Crippen LogP contribution in [0.25, 0.3) is 0 Å². The number of hydrazine groups is 1. The fourth-order valence-corrected chi connectivity index (χ4v) is 4.05. The number of halogens is 5. The number of hydrogen-bond acceptors (Lipinski definition) is 8. The summed E-state index contributed by atoms with van der Waals surface area (Å²) < 4.78 is 71.4. The van der Waals surface area contributed by atoms with E-state index in [1.807, 2.05) is 0 Å². The zero-order valence-electron chi connectivity index (χ0n) is 19.0. The molecule has 8 N–H and O–H groups in total. The lowest BCUT2D eigenvalue weighted by atomic mass is 10.1. The summed E-state index contributed by atoms with van der Waals surface area (Å²) in [6.45, 7) is -0.179. The van der Waals surface area contributed by atoms with Gasteiger partial charge in [-0.25, -0.2) is 15.8 Å². The van der Waals surface area contributed by atoms with Gasteiger partial charge in [0.25, 0.3) is 0 Å². The van der Waals surface area contributed by atoms with Gasteiger partial charge in [-0.15, -0.1) is 0 Å². The highest BCUT2D eigenvalue weighted by molar-refractivity contribution is 5.76. The van der Waals surface area contributed by atoms with Gasteiger partial charge in [-0.3, -0.25) is 5.01 Å². The van der Waals surface area contributed by atoms with Crippen LogP contribution >= 0.6 is 0 Å². The van der Waals surface area contributed by atoms with E-state index in [0.29, 0.717) is 6.42 Å². The second kappa shape index (κ2) is 9.15. The summed E-state index contributed by atoms with van der Waals surface area (Å²) in [6.07, 6.45) is -4.31. The van der Waals surface area contributed by atoms with Gasteiger partial charge < -0.3 is 22.1 Å². The van der Waals surface area contributed by atoms with Crippen molar-refractivity contribution in [2.45, 2.75) is 30.7 Å².